The smallest absolute Gasteiger partial charge is 0.234 e. The summed E-state index contributed by atoms with van der Waals surface area (Å²) in [5.41, 5.74) is 1.80. The van der Waals surface area contributed by atoms with Gasteiger partial charge in [-0.25, -0.2) is 9.37 Å². The van der Waals surface area contributed by atoms with Gasteiger partial charge in [-0.3, -0.25) is 14.5 Å². The number of carbonyl (C=O) groups excluding carboxylic acids is 2. The van der Waals surface area contributed by atoms with E-state index in [2.05, 4.69) is 20.5 Å². The van der Waals surface area contributed by atoms with Crippen molar-refractivity contribution >= 4 is 28.3 Å². The minimum atomic E-state index is -0.288. The van der Waals surface area contributed by atoms with E-state index < -0.39 is 0 Å². The third-order valence-electron chi connectivity index (χ3n) is 5.39. The lowest BCUT2D eigenvalue weighted by molar-refractivity contribution is -0.124. The molecule has 0 bridgehead atoms. The SMILES string of the molecule is Cc1csc(NC(=O)C2CCN(CC(=O)NC(c3ccc(F)cc3)C(C)C)CC2)n1. The fourth-order valence-corrected chi connectivity index (χ4v) is 4.39. The summed E-state index contributed by atoms with van der Waals surface area (Å²) in [4.78, 5) is 31.4. The molecule has 1 unspecified atom stereocenters. The van der Waals surface area contributed by atoms with Gasteiger partial charge in [0.2, 0.25) is 11.8 Å². The summed E-state index contributed by atoms with van der Waals surface area (Å²) in [5, 5.41) is 8.52. The molecule has 0 aliphatic carbocycles. The van der Waals surface area contributed by atoms with E-state index in [-0.39, 0.29) is 35.5 Å². The number of aromatic nitrogens is 1. The number of nitrogens with zero attached hydrogens (tertiary/aromatic N) is 2. The van der Waals surface area contributed by atoms with Gasteiger partial charge in [0.25, 0.3) is 0 Å². The van der Waals surface area contributed by atoms with E-state index in [1.807, 2.05) is 26.2 Å². The lowest BCUT2D eigenvalue weighted by atomic mass is 9.95. The van der Waals surface area contributed by atoms with Crippen LogP contribution in [0.2, 0.25) is 0 Å². The first-order valence-electron chi connectivity index (χ1n) is 10.3. The molecule has 3 rings (SSSR count). The Balaban J connectivity index is 1.47. The van der Waals surface area contributed by atoms with Gasteiger partial charge in [-0.05, 0) is 56.5 Å². The number of thiazole rings is 1. The maximum Gasteiger partial charge on any atom is 0.234 e. The summed E-state index contributed by atoms with van der Waals surface area (Å²) in [6.45, 7) is 7.65. The van der Waals surface area contributed by atoms with Gasteiger partial charge < -0.3 is 10.6 Å². The number of aryl methyl sites for hydroxylation is 1. The Morgan fingerprint density at radius 1 is 1.23 bits per heavy atom. The number of halogens is 1. The van der Waals surface area contributed by atoms with Gasteiger partial charge in [0.15, 0.2) is 5.13 Å². The monoisotopic (exact) mass is 432 g/mol. The minimum Gasteiger partial charge on any atom is -0.348 e. The zero-order valence-corrected chi connectivity index (χ0v) is 18.5. The third-order valence-corrected chi connectivity index (χ3v) is 6.26. The predicted octanol–water partition coefficient (Wildman–Crippen LogP) is 3.75. The van der Waals surface area contributed by atoms with E-state index in [0.29, 0.717) is 24.8 Å². The Kier molecular flexibility index (Phi) is 7.55. The topological polar surface area (TPSA) is 74.3 Å². The van der Waals surface area contributed by atoms with Crippen LogP contribution in [-0.2, 0) is 9.59 Å². The molecule has 2 aromatic rings. The molecule has 0 spiro atoms. The molecule has 1 aliphatic rings. The van der Waals surface area contributed by atoms with Crippen LogP contribution in [-0.4, -0.2) is 41.3 Å². The lowest BCUT2D eigenvalue weighted by Gasteiger charge is -2.31. The van der Waals surface area contributed by atoms with E-state index in [1.54, 1.807) is 12.1 Å². The largest absolute Gasteiger partial charge is 0.348 e. The van der Waals surface area contributed by atoms with Crippen molar-refractivity contribution in [3.8, 4) is 0 Å². The number of rotatable bonds is 7. The molecule has 6 nitrogen and oxygen atoms in total. The summed E-state index contributed by atoms with van der Waals surface area (Å²) in [5.74, 6) is -0.215. The van der Waals surface area contributed by atoms with E-state index in [9.17, 15) is 14.0 Å². The Hall–Kier alpha value is -2.32. The number of benzene rings is 1. The first kappa shape index (κ1) is 22.4. The summed E-state index contributed by atoms with van der Waals surface area (Å²) in [7, 11) is 0. The van der Waals surface area contributed by atoms with Crippen LogP contribution in [0.4, 0.5) is 9.52 Å². The van der Waals surface area contributed by atoms with Crippen LogP contribution in [0.15, 0.2) is 29.6 Å². The van der Waals surface area contributed by atoms with Gasteiger partial charge in [0.1, 0.15) is 5.82 Å². The molecule has 1 aromatic heterocycles. The summed E-state index contributed by atoms with van der Waals surface area (Å²) in [6, 6.07) is 6.10. The Morgan fingerprint density at radius 2 is 1.90 bits per heavy atom. The molecule has 1 aromatic carbocycles. The fraction of sp³-hybridized carbons (Fsp3) is 0.500. The average molecular weight is 433 g/mol. The number of hydrogen-bond acceptors (Lipinski definition) is 5. The minimum absolute atomic E-state index is 0.00429. The number of amides is 2. The lowest BCUT2D eigenvalue weighted by Crippen LogP contribution is -2.44. The van der Waals surface area contributed by atoms with E-state index >= 15 is 0 Å². The number of anilines is 1. The van der Waals surface area contributed by atoms with Gasteiger partial charge in [-0.1, -0.05) is 26.0 Å². The average Bonchev–Trinajstić information content (AvgIpc) is 3.12. The first-order chi connectivity index (χ1) is 14.3. The van der Waals surface area contributed by atoms with Crippen molar-refractivity contribution in [2.75, 3.05) is 25.0 Å². The number of nitrogens with one attached hydrogen (secondary N) is 2. The highest BCUT2D eigenvalue weighted by molar-refractivity contribution is 7.13. The van der Waals surface area contributed by atoms with Crippen LogP contribution in [0.25, 0.3) is 0 Å². The van der Waals surface area contributed by atoms with Crippen LogP contribution in [0.1, 0.15) is 44.0 Å². The highest BCUT2D eigenvalue weighted by atomic mass is 32.1. The standard InChI is InChI=1S/C22H29FN4O2S/c1-14(2)20(16-4-6-18(23)7-5-16)25-19(28)12-27-10-8-17(9-11-27)21(29)26-22-24-15(3)13-30-22/h4-7,13-14,17,20H,8-12H2,1-3H3,(H,25,28)(H,24,26,29). The predicted molar refractivity (Wildman–Crippen MR) is 117 cm³/mol. The van der Waals surface area contributed by atoms with Crippen LogP contribution in [0, 0.1) is 24.6 Å². The Bertz CT molecular complexity index is 860. The van der Waals surface area contributed by atoms with Gasteiger partial charge in [0.05, 0.1) is 18.3 Å². The van der Waals surface area contributed by atoms with Crippen LogP contribution in [0.5, 0.6) is 0 Å². The molecule has 2 amide bonds. The second-order valence-electron chi connectivity index (χ2n) is 8.17. The van der Waals surface area contributed by atoms with Crippen molar-refractivity contribution in [1.29, 1.82) is 0 Å². The second-order valence-corrected chi connectivity index (χ2v) is 9.03. The van der Waals surface area contributed by atoms with Crippen LogP contribution >= 0.6 is 11.3 Å². The van der Waals surface area contributed by atoms with Gasteiger partial charge in [-0.2, -0.15) is 0 Å². The normalized spacial score (nSPS) is 16.4. The van der Waals surface area contributed by atoms with Crippen LogP contribution < -0.4 is 10.6 Å². The molecular weight excluding hydrogens is 403 g/mol. The van der Waals surface area contributed by atoms with Crippen molar-refractivity contribution in [2.45, 2.75) is 39.7 Å². The number of carbonyl (C=O) groups is 2. The van der Waals surface area contributed by atoms with Gasteiger partial charge in [0, 0.05) is 11.3 Å². The fourth-order valence-electron chi connectivity index (χ4n) is 3.70. The van der Waals surface area contributed by atoms with E-state index in [0.717, 1.165) is 24.1 Å². The van der Waals surface area contributed by atoms with Crippen molar-refractivity contribution in [2.24, 2.45) is 11.8 Å². The highest BCUT2D eigenvalue weighted by Gasteiger charge is 2.27. The summed E-state index contributed by atoms with van der Waals surface area (Å²) < 4.78 is 13.2. The molecule has 162 valence electrons. The molecule has 2 N–H and O–H groups in total. The molecule has 0 radical (unpaired) electrons. The van der Waals surface area contributed by atoms with E-state index in [1.165, 1.54) is 23.5 Å². The quantitative estimate of drug-likeness (QED) is 0.699. The maximum absolute atomic E-state index is 13.2. The molecule has 8 heteroatoms. The molecule has 1 fully saturated rings. The molecule has 30 heavy (non-hydrogen) atoms. The Labute approximate surface area is 180 Å². The number of piperidine rings is 1. The van der Waals surface area contributed by atoms with Crippen molar-refractivity contribution in [3.63, 3.8) is 0 Å². The molecule has 0 saturated carbocycles. The zero-order chi connectivity index (χ0) is 21.7. The maximum atomic E-state index is 13.2. The van der Waals surface area contributed by atoms with Crippen LogP contribution in [0.3, 0.4) is 0 Å². The Morgan fingerprint density at radius 3 is 2.47 bits per heavy atom. The molecular formula is C22H29FN4O2S. The molecule has 1 atom stereocenters. The van der Waals surface area contributed by atoms with Crippen molar-refractivity contribution in [1.82, 2.24) is 15.2 Å². The second kappa shape index (κ2) is 10.1. The van der Waals surface area contributed by atoms with E-state index in [4.69, 9.17) is 0 Å². The highest BCUT2D eigenvalue weighted by Crippen LogP contribution is 2.23. The number of hydrogen-bond donors (Lipinski definition) is 2. The molecule has 1 aliphatic heterocycles. The first-order valence-corrected chi connectivity index (χ1v) is 11.2. The molecule has 1 saturated heterocycles. The summed E-state index contributed by atoms with van der Waals surface area (Å²) >= 11 is 1.43. The number of likely N-dealkylation sites (tertiary alicyclic amines) is 1. The zero-order valence-electron chi connectivity index (χ0n) is 17.7. The molecule has 2 heterocycles. The van der Waals surface area contributed by atoms with Crippen molar-refractivity contribution in [3.05, 3.63) is 46.7 Å². The van der Waals surface area contributed by atoms with Crippen molar-refractivity contribution < 1.29 is 14.0 Å². The van der Waals surface area contributed by atoms with Gasteiger partial charge >= 0.3 is 0 Å². The van der Waals surface area contributed by atoms with Gasteiger partial charge in [-0.15, -0.1) is 11.3 Å². The third kappa shape index (κ3) is 6.09. The summed E-state index contributed by atoms with van der Waals surface area (Å²) in [6.07, 6.45) is 1.43.